The third kappa shape index (κ3) is 5.73. The maximum Gasteiger partial charge on any atom is 0.301 e. The van der Waals surface area contributed by atoms with Crippen LogP contribution in [0.1, 0.15) is 72.6 Å². The minimum atomic E-state index is -0.996. The van der Waals surface area contributed by atoms with E-state index < -0.39 is 17.7 Å². The molecule has 0 bridgehead atoms. The smallest absolute Gasteiger partial charge is 0.301 e. The average molecular weight is 549 g/mol. The molecule has 1 unspecified atom stereocenters. The highest BCUT2D eigenvalue weighted by molar-refractivity contribution is 7.18. The van der Waals surface area contributed by atoms with Crippen molar-refractivity contribution in [1.29, 1.82) is 0 Å². The lowest BCUT2D eigenvalue weighted by atomic mass is 9.95. The van der Waals surface area contributed by atoms with Crippen LogP contribution in [0.3, 0.4) is 0 Å². The summed E-state index contributed by atoms with van der Waals surface area (Å²) >= 11 is 1.04. The Labute approximate surface area is 231 Å². The van der Waals surface area contributed by atoms with Crippen molar-refractivity contribution in [3.05, 3.63) is 75.8 Å². The molecule has 1 saturated heterocycles. The molecule has 0 spiro atoms. The molecule has 2 aromatic carbocycles. The molecule has 1 aliphatic rings. The van der Waals surface area contributed by atoms with Gasteiger partial charge in [-0.15, -0.1) is 0 Å². The van der Waals surface area contributed by atoms with Gasteiger partial charge in [0.2, 0.25) is 0 Å². The molecule has 3 aromatic rings. The van der Waals surface area contributed by atoms with E-state index in [2.05, 4.69) is 11.9 Å². The second-order valence-electron chi connectivity index (χ2n) is 9.20. The molecule has 1 atom stereocenters. The van der Waals surface area contributed by atoms with Gasteiger partial charge in [0, 0.05) is 12.5 Å². The lowest BCUT2D eigenvalue weighted by Gasteiger charge is -2.24. The molecular weight excluding hydrogens is 516 g/mol. The summed E-state index contributed by atoms with van der Waals surface area (Å²) in [6, 6.07) is 12.8. The van der Waals surface area contributed by atoms with Crippen LogP contribution in [0, 0.1) is 6.92 Å². The highest BCUT2D eigenvalue weighted by Crippen LogP contribution is 2.45. The number of nitrogens with zero attached hydrogens (tertiary/aromatic N) is 2. The van der Waals surface area contributed by atoms with Gasteiger partial charge in [-0.3, -0.25) is 19.3 Å². The molecule has 1 amide bonds. The topological polar surface area (TPSA) is 106 Å². The van der Waals surface area contributed by atoms with E-state index in [0.29, 0.717) is 46.4 Å². The first-order valence-electron chi connectivity index (χ1n) is 13.0. The van der Waals surface area contributed by atoms with Crippen molar-refractivity contribution < 1.29 is 29.0 Å². The number of carbonyl (C=O) groups is 3. The van der Waals surface area contributed by atoms with Crippen molar-refractivity contribution in [3.63, 3.8) is 0 Å². The van der Waals surface area contributed by atoms with Crippen LogP contribution in [0.2, 0.25) is 0 Å². The predicted molar refractivity (Wildman–Crippen MR) is 151 cm³/mol. The SMILES string of the molecule is CCCCCOc1ccc(C2C(=C(O)c3ccccc3)C(=O)C(=O)N2c2nc(C)c(C(C)=O)s2)cc1OCC. The van der Waals surface area contributed by atoms with Gasteiger partial charge in [-0.2, -0.15) is 0 Å². The van der Waals surface area contributed by atoms with Crippen LogP contribution in [-0.2, 0) is 9.59 Å². The molecule has 1 aliphatic heterocycles. The lowest BCUT2D eigenvalue weighted by Crippen LogP contribution is -2.29. The minimum absolute atomic E-state index is 0.0671. The van der Waals surface area contributed by atoms with Crippen LogP contribution >= 0.6 is 11.3 Å². The van der Waals surface area contributed by atoms with Gasteiger partial charge in [0.05, 0.1) is 35.4 Å². The maximum absolute atomic E-state index is 13.5. The Morgan fingerprint density at radius 2 is 1.79 bits per heavy atom. The fraction of sp³-hybridized carbons (Fsp3) is 0.333. The number of ketones is 2. The summed E-state index contributed by atoms with van der Waals surface area (Å²) in [7, 11) is 0. The molecule has 1 aromatic heterocycles. The number of aliphatic hydroxyl groups is 1. The number of benzene rings is 2. The molecule has 0 saturated carbocycles. The molecule has 4 rings (SSSR count). The fourth-order valence-electron chi connectivity index (χ4n) is 4.53. The summed E-state index contributed by atoms with van der Waals surface area (Å²) in [5, 5.41) is 11.5. The molecule has 0 aliphatic carbocycles. The Hall–Kier alpha value is -3.98. The van der Waals surface area contributed by atoms with E-state index in [0.717, 1.165) is 30.6 Å². The van der Waals surface area contributed by atoms with Gasteiger partial charge in [-0.25, -0.2) is 4.98 Å². The molecule has 8 nitrogen and oxygen atoms in total. The number of amides is 1. The van der Waals surface area contributed by atoms with Crippen LogP contribution in [-0.4, -0.2) is 40.8 Å². The second-order valence-corrected chi connectivity index (χ2v) is 10.2. The number of aryl methyl sites for hydroxylation is 1. The minimum Gasteiger partial charge on any atom is -0.507 e. The number of anilines is 1. The van der Waals surface area contributed by atoms with Gasteiger partial charge in [0.1, 0.15) is 5.76 Å². The first-order chi connectivity index (χ1) is 18.8. The monoisotopic (exact) mass is 548 g/mol. The Morgan fingerprint density at radius 3 is 2.44 bits per heavy atom. The van der Waals surface area contributed by atoms with E-state index in [1.54, 1.807) is 55.5 Å². The molecular formula is C30H32N2O6S. The number of ether oxygens (including phenoxy) is 2. The van der Waals surface area contributed by atoms with Crippen LogP contribution in [0.15, 0.2) is 54.1 Å². The Balaban J connectivity index is 1.87. The van der Waals surface area contributed by atoms with E-state index in [4.69, 9.17) is 9.47 Å². The highest BCUT2D eigenvalue weighted by atomic mass is 32.1. The summed E-state index contributed by atoms with van der Waals surface area (Å²) in [5.74, 6) is -1.12. The van der Waals surface area contributed by atoms with Crippen molar-refractivity contribution >= 4 is 39.7 Å². The molecule has 2 heterocycles. The number of rotatable bonds is 11. The van der Waals surface area contributed by atoms with Crippen molar-refractivity contribution in [3.8, 4) is 11.5 Å². The Morgan fingerprint density at radius 1 is 1.05 bits per heavy atom. The number of unbranched alkanes of at least 4 members (excludes halogenated alkanes) is 2. The molecule has 1 fully saturated rings. The molecule has 9 heteroatoms. The quantitative estimate of drug-likeness (QED) is 0.0993. The van der Waals surface area contributed by atoms with Gasteiger partial charge >= 0.3 is 5.91 Å². The Bertz CT molecular complexity index is 1410. The number of hydrogen-bond donors (Lipinski definition) is 1. The predicted octanol–water partition coefficient (Wildman–Crippen LogP) is 6.25. The van der Waals surface area contributed by atoms with Crippen LogP contribution in [0.4, 0.5) is 5.13 Å². The van der Waals surface area contributed by atoms with Crippen LogP contribution in [0.5, 0.6) is 11.5 Å². The van der Waals surface area contributed by atoms with Gasteiger partial charge in [0.25, 0.3) is 5.78 Å². The van der Waals surface area contributed by atoms with E-state index in [-0.39, 0.29) is 22.2 Å². The number of aromatic nitrogens is 1. The zero-order valence-electron chi connectivity index (χ0n) is 22.5. The van der Waals surface area contributed by atoms with Gasteiger partial charge in [-0.1, -0.05) is 67.5 Å². The van der Waals surface area contributed by atoms with Crippen LogP contribution < -0.4 is 14.4 Å². The molecule has 204 valence electrons. The standard InChI is InChI=1S/C30H32N2O6S/c1-5-7-11-16-38-22-15-14-21(17-23(22)37-6-2)25-24(26(34)20-12-9-8-10-13-20)27(35)29(36)32(25)30-31-18(3)28(39-30)19(4)33/h8-10,12-15,17,25,34H,5-7,11,16H2,1-4H3. The van der Waals surface area contributed by atoms with Gasteiger partial charge in [-0.05, 0) is 38.0 Å². The van der Waals surface area contributed by atoms with E-state index >= 15 is 0 Å². The first-order valence-corrected chi connectivity index (χ1v) is 13.8. The van der Waals surface area contributed by atoms with Gasteiger partial charge < -0.3 is 14.6 Å². The first kappa shape index (κ1) is 28.0. The van der Waals surface area contributed by atoms with E-state index in [1.807, 2.05) is 6.92 Å². The second kappa shape index (κ2) is 12.3. The summed E-state index contributed by atoms with van der Waals surface area (Å²) < 4.78 is 11.8. The zero-order chi connectivity index (χ0) is 28.1. The van der Waals surface area contributed by atoms with Crippen molar-refractivity contribution in [2.75, 3.05) is 18.1 Å². The highest BCUT2D eigenvalue weighted by Gasteiger charge is 2.48. The third-order valence-corrected chi connectivity index (χ3v) is 7.65. The number of aliphatic hydroxyl groups excluding tert-OH is 1. The molecule has 0 radical (unpaired) electrons. The Kier molecular flexibility index (Phi) is 8.81. The number of Topliss-reactive ketones (excluding diaryl/α,β-unsaturated/α-hetero) is 2. The summed E-state index contributed by atoms with van der Waals surface area (Å²) in [6.07, 6.45) is 3.02. The zero-order valence-corrected chi connectivity index (χ0v) is 23.3. The number of carbonyl (C=O) groups excluding carboxylic acids is 3. The normalized spacial score (nSPS) is 16.5. The third-order valence-electron chi connectivity index (χ3n) is 6.39. The van der Waals surface area contributed by atoms with Gasteiger partial charge in [0.15, 0.2) is 22.4 Å². The summed E-state index contributed by atoms with van der Waals surface area (Å²) in [4.78, 5) is 45.2. The maximum atomic E-state index is 13.5. The number of thiazole rings is 1. The van der Waals surface area contributed by atoms with Crippen molar-refractivity contribution in [1.82, 2.24) is 4.98 Å². The van der Waals surface area contributed by atoms with Crippen molar-refractivity contribution in [2.24, 2.45) is 0 Å². The molecule has 1 N–H and O–H groups in total. The van der Waals surface area contributed by atoms with Crippen molar-refractivity contribution in [2.45, 2.75) is 53.0 Å². The largest absolute Gasteiger partial charge is 0.507 e. The number of hydrogen-bond acceptors (Lipinski definition) is 8. The molecule has 39 heavy (non-hydrogen) atoms. The average Bonchev–Trinajstić information content (AvgIpc) is 3.44. The fourth-order valence-corrected chi connectivity index (χ4v) is 5.51. The van der Waals surface area contributed by atoms with Crippen LogP contribution in [0.25, 0.3) is 5.76 Å². The lowest BCUT2D eigenvalue weighted by molar-refractivity contribution is -0.132. The van der Waals surface area contributed by atoms with E-state index in [1.165, 1.54) is 11.8 Å². The van der Waals surface area contributed by atoms with E-state index in [9.17, 15) is 19.5 Å². The summed E-state index contributed by atoms with van der Waals surface area (Å²) in [5.41, 5.74) is 1.34. The summed E-state index contributed by atoms with van der Waals surface area (Å²) in [6.45, 7) is 8.01.